The number of esters is 1. The number of carbonyl (C=O) groups is 2. The van der Waals surface area contributed by atoms with Crippen molar-refractivity contribution in [3.8, 4) is 0 Å². The van der Waals surface area contributed by atoms with E-state index in [9.17, 15) is 19.7 Å². The lowest BCUT2D eigenvalue weighted by molar-refractivity contribution is -0.402. The minimum Gasteiger partial charge on any atom is -0.456 e. The molecule has 3 aromatic rings. The summed E-state index contributed by atoms with van der Waals surface area (Å²) in [5.74, 6) is -1.11. The molecule has 0 saturated heterocycles. The third kappa shape index (κ3) is 5.14. The highest BCUT2D eigenvalue weighted by Gasteiger charge is 2.18. The summed E-state index contributed by atoms with van der Waals surface area (Å²) >= 11 is 1.25. The molecule has 0 radical (unpaired) electrons. The lowest BCUT2D eigenvalue weighted by Crippen LogP contribution is -2.22. The molecule has 29 heavy (non-hydrogen) atoms. The topological polar surface area (TPSA) is 116 Å². The quantitative estimate of drug-likeness (QED) is 0.248. The molecule has 1 aromatic carbocycles. The average Bonchev–Trinajstić information content (AvgIpc) is 3.35. The first kappa shape index (κ1) is 20.0. The fourth-order valence-corrected chi connectivity index (χ4v) is 3.21. The van der Waals surface area contributed by atoms with Gasteiger partial charge in [-0.2, -0.15) is 0 Å². The molecule has 2 heterocycles. The molecule has 148 valence electrons. The van der Waals surface area contributed by atoms with Gasteiger partial charge in [0.25, 0.3) is 0 Å². The first-order valence-electron chi connectivity index (χ1n) is 8.33. The summed E-state index contributed by atoms with van der Waals surface area (Å²) in [6.45, 7) is 1.36. The first-order valence-corrected chi connectivity index (χ1v) is 9.21. The van der Waals surface area contributed by atoms with E-state index in [-0.39, 0.29) is 18.3 Å². The number of anilines is 2. The van der Waals surface area contributed by atoms with Crippen LogP contribution in [0, 0.1) is 10.1 Å². The lowest BCUT2D eigenvalue weighted by atomic mass is 10.3. The molecule has 0 aliphatic carbocycles. The fraction of sp³-hybridized carbons (Fsp3) is 0.105. The van der Waals surface area contributed by atoms with Crippen LogP contribution in [-0.4, -0.2) is 21.8 Å². The Kier molecular flexibility index (Phi) is 6.15. The van der Waals surface area contributed by atoms with E-state index >= 15 is 0 Å². The highest BCUT2D eigenvalue weighted by Crippen LogP contribution is 2.28. The van der Waals surface area contributed by atoms with E-state index in [0.29, 0.717) is 16.5 Å². The number of aromatic nitrogens is 1. The van der Waals surface area contributed by atoms with Gasteiger partial charge in [-0.05, 0) is 24.3 Å². The van der Waals surface area contributed by atoms with Crippen molar-refractivity contribution in [2.24, 2.45) is 0 Å². The number of nitro groups is 1. The minimum absolute atomic E-state index is 0.0848. The summed E-state index contributed by atoms with van der Waals surface area (Å²) in [5, 5.41) is 12.7. The van der Waals surface area contributed by atoms with Gasteiger partial charge in [-0.25, -0.2) is 9.78 Å². The Morgan fingerprint density at radius 1 is 1.28 bits per heavy atom. The van der Waals surface area contributed by atoms with E-state index in [1.54, 1.807) is 17.5 Å². The third-order valence-corrected chi connectivity index (χ3v) is 4.47. The van der Waals surface area contributed by atoms with Gasteiger partial charge in [0, 0.05) is 18.4 Å². The van der Waals surface area contributed by atoms with E-state index in [4.69, 9.17) is 9.15 Å². The number of hydrogen-bond acceptors (Lipinski definition) is 8. The molecule has 0 atom stereocenters. The average molecular weight is 413 g/mol. The zero-order valence-electron chi connectivity index (χ0n) is 15.2. The van der Waals surface area contributed by atoms with Crippen LogP contribution in [0.25, 0.3) is 6.08 Å². The number of amides is 1. The second-order valence-electron chi connectivity index (χ2n) is 5.69. The van der Waals surface area contributed by atoms with E-state index in [1.807, 2.05) is 18.2 Å². The molecule has 0 bridgehead atoms. The predicted molar refractivity (Wildman–Crippen MR) is 106 cm³/mol. The Hall–Kier alpha value is -3.79. The highest BCUT2D eigenvalue weighted by molar-refractivity contribution is 7.14. The molecule has 0 aliphatic rings. The largest absolute Gasteiger partial charge is 0.456 e. The van der Waals surface area contributed by atoms with Crippen LogP contribution in [0.4, 0.5) is 16.7 Å². The Labute approximate surface area is 169 Å². The molecule has 0 saturated carbocycles. The Morgan fingerprint density at radius 2 is 2.03 bits per heavy atom. The monoisotopic (exact) mass is 413 g/mol. The summed E-state index contributed by atoms with van der Waals surface area (Å²) in [5.41, 5.74) is 1.18. The number of hydrogen-bond donors (Lipinski definition) is 0. The van der Waals surface area contributed by atoms with Crippen molar-refractivity contribution in [1.29, 1.82) is 0 Å². The number of thiazole rings is 1. The van der Waals surface area contributed by atoms with E-state index in [0.717, 1.165) is 6.08 Å². The van der Waals surface area contributed by atoms with Gasteiger partial charge in [0.2, 0.25) is 5.91 Å². The number of nitrogens with zero attached hydrogens (tertiary/aromatic N) is 3. The standard InChI is InChI=1S/C19H15N3O6S/c1-13(23)21(15-5-3-2-4-6-15)19-20-14(12-29-19)11-27-18(24)10-8-16-7-9-17(28-16)22(25)26/h2-10,12H,11H2,1H3/b10-8+. The van der Waals surface area contributed by atoms with Gasteiger partial charge in [-0.3, -0.25) is 19.8 Å². The number of para-hydroxylation sites is 1. The first-order chi connectivity index (χ1) is 13.9. The van der Waals surface area contributed by atoms with Crippen LogP contribution in [0.3, 0.4) is 0 Å². The maximum absolute atomic E-state index is 12.0. The highest BCUT2D eigenvalue weighted by atomic mass is 32.1. The molecule has 1 amide bonds. The molecule has 0 N–H and O–H groups in total. The third-order valence-electron chi connectivity index (χ3n) is 3.60. The van der Waals surface area contributed by atoms with Crippen molar-refractivity contribution in [3.63, 3.8) is 0 Å². The van der Waals surface area contributed by atoms with Gasteiger partial charge in [0.15, 0.2) is 5.13 Å². The predicted octanol–water partition coefficient (Wildman–Crippen LogP) is 4.09. The zero-order chi connectivity index (χ0) is 20.8. The maximum atomic E-state index is 12.0. The van der Waals surface area contributed by atoms with E-state index < -0.39 is 16.8 Å². The van der Waals surface area contributed by atoms with Crippen molar-refractivity contribution in [2.75, 3.05) is 4.90 Å². The smallest absolute Gasteiger partial charge is 0.433 e. The normalized spacial score (nSPS) is 10.8. The van der Waals surface area contributed by atoms with Crippen LogP contribution >= 0.6 is 11.3 Å². The second kappa shape index (κ2) is 8.93. The number of ether oxygens (including phenoxy) is 1. The molecular formula is C19H15N3O6S. The second-order valence-corrected chi connectivity index (χ2v) is 6.52. The summed E-state index contributed by atoms with van der Waals surface area (Å²) in [4.78, 5) is 39.6. The van der Waals surface area contributed by atoms with Crippen LogP contribution in [0.1, 0.15) is 18.4 Å². The number of carbonyl (C=O) groups excluding carboxylic acids is 2. The minimum atomic E-state index is -0.671. The summed E-state index contributed by atoms with van der Waals surface area (Å²) in [7, 11) is 0. The summed E-state index contributed by atoms with van der Waals surface area (Å²) < 4.78 is 10.0. The van der Waals surface area contributed by atoms with Crippen LogP contribution in [-0.2, 0) is 20.9 Å². The van der Waals surface area contributed by atoms with Crippen LogP contribution in [0.2, 0.25) is 0 Å². The van der Waals surface area contributed by atoms with Crippen LogP contribution in [0.15, 0.2) is 58.3 Å². The van der Waals surface area contributed by atoms with Gasteiger partial charge in [0.05, 0.1) is 17.4 Å². The maximum Gasteiger partial charge on any atom is 0.433 e. The van der Waals surface area contributed by atoms with Crippen molar-refractivity contribution < 1.29 is 23.7 Å². The van der Waals surface area contributed by atoms with Gasteiger partial charge >= 0.3 is 11.9 Å². The van der Waals surface area contributed by atoms with E-state index in [1.165, 1.54) is 41.4 Å². The molecule has 0 spiro atoms. The molecule has 9 nitrogen and oxygen atoms in total. The Morgan fingerprint density at radius 3 is 2.69 bits per heavy atom. The van der Waals surface area contributed by atoms with Crippen molar-refractivity contribution in [1.82, 2.24) is 4.98 Å². The van der Waals surface area contributed by atoms with Gasteiger partial charge in [-0.15, -0.1) is 11.3 Å². The summed E-state index contributed by atoms with van der Waals surface area (Å²) in [6, 6.07) is 11.6. The molecular weight excluding hydrogens is 398 g/mol. The zero-order valence-corrected chi connectivity index (χ0v) is 16.0. The lowest BCUT2D eigenvalue weighted by Gasteiger charge is -2.17. The van der Waals surface area contributed by atoms with Crippen molar-refractivity contribution in [3.05, 3.63) is 75.5 Å². The molecule has 0 unspecified atom stereocenters. The van der Waals surface area contributed by atoms with Gasteiger partial charge in [-0.1, -0.05) is 18.2 Å². The van der Waals surface area contributed by atoms with Gasteiger partial charge in [0.1, 0.15) is 17.3 Å². The van der Waals surface area contributed by atoms with Crippen molar-refractivity contribution >= 4 is 46.0 Å². The Bertz CT molecular complexity index is 1060. The van der Waals surface area contributed by atoms with Crippen molar-refractivity contribution in [2.45, 2.75) is 13.5 Å². The number of benzene rings is 1. The molecule has 2 aromatic heterocycles. The SMILES string of the molecule is CC(=O)N(c1ccccc1)c1nc(COC(=O)/C=C/c2ccc([N+](=O)[O-])o2)cs1. The molecule has 0 aliphatic heterocycles. The fourth-order valence-electron chi connectivity index (χ4n) is 2.34. The van der Waals surface area contributed by atoms with Gasteiger partial charge < -0.3 is 9.15 Å². The summed E-state index contributed by atoms with van der Waals surface area (Å²) in [6.07, 6.45) is 2.37. The Balaban J connectivity index is 1.61. The molecule has 0 fully saturated rings. The van der Waals surface area contributed by atoms with Crippen LogP contribution < -0.4 is 4.90 Å². The molecule has 3 rings (SSSR count). The number of furan rings is 1. The van der Waals surface area contributed by atoms with E-state index in [2.05, 4.69) is 4.98 Å². The molecule has 10 heteroatoms. The van der Waals surface area contributed by atoms with Crippen LogP contribution in [0.5, 0.6) is 0 Å². The number of rotatable bonds is 7.